The van der Waals surface area contributed by atoms with E-state index in [1.54, 1.807) is 0 Å². The van der Waals surface area contributed by atoms with E-state index < -0.39 is 0 Å². The second-order valence-electron chi connectivity index (χ2n) is 28.2. The van der Waals surface area contributed by atoms with E-state index in [-0.39, 0.29) is 0 Å². The first kappa shape index (κ1) is 65.8. The van der Waals surface area contributed by atoms with E-state index in [9.17, 15) is 0 Å². The van der Waals surface area contributed by atoms with Crippen LogP contribution in [0.25, 0.3) is 161 Å². The molecule has 19 aromatic carbocycles. The Morgan fingerprint density at radius 2 is 0.391 bits per heavy atom. The lowest BCUT2D eigenvalue weighted by Crippen LogP contribution is -2.09. The number of benzene rings is 19. The Balaban J connectivity index is 0.000000145. The number of hydrogen-bond acceptors (Lipinski definition) is 4. The van der Waals surface area contributed by atoms with Crippen LogP contribution in [0.1, 0.15) is 0 Å². The summed E-state index contributed by atoms with van der Waals surface area (Å²) in [4.78, 5) is 4.70. The second kappa shape index (κ2) is 28.5. The predicted octanol–water partition coefficient (Wildman–Crippen LogP) is 31.3. The molecule has 0 fully saturated rings. The van der Waals surface area contributed by atoms with Crippen molar-refractivity contribution in [3.05, 3.63) is 425 Å². The summed E-state index contributed by atoms with van der Waals surface area (Å²) in [6, 6.07) is 154. The van der Waals surface area contributed by atoms with Crippen LogP contribution >= 0.6 is 22.7 Å². The molecule has 21 aromatic rings. The third kappa shape index (κ3) is 12.3. The third-order valence-electron chi connectivity index (χ3n) is 21.7. The van der Waals surface area contributed by atoms with Crippen LogP contribution in [0.2, 0.25) is 0 Å². The van der Waals surface area contributed by atoms with Gasteiger partial charge in [0.05, 0.1) is 0 Å². The van der Waals surface area contributed by atoms with E-state index in [0.29, 0.717) is 0 Å². The molecule has 0 atom stereocenters. The lowest BCUT2D eigenvalue weighted by molar-refractivity contribution is 1.28. The molecule has 0 aliphatic carbocycles. The van der Waals surface area contributed by atoms with Crippen LogP contribution in [-0.2, 0) is 0 Å². The van der Waals surface area contributed by atoms with E-state index in [1.807, 2.05) is 22.7 Å². The molecule has 0 saturated carbocycles. The van der Waals surface area contributed by atoms with Gasteiger partial charge in [-0.3, -0.25) is 0 Å². The van der Waals surface area contributed by atoms with Crippen LogP contribution < -0.4 is 9.80 Å². The lowest BCUT2D eigenvalue weighted by Gasteiger charge is -2.26. The van der Waals surface area contributed by atoms with Crippen molar-refractivity contribution in [1.29, 1.82) is 0 Å². The van der Waals surface area contributed by atoms with Gasteiger partial charge in [-0.05, 0) is 196 Å². The fraction of sp³-hybridized carbons (Fsp3) is 0. The average molecular weight is 1440 g/mol. The van der Waals surface area contributed by atoms with Crippen LogP contribution in [0, 0.1) is 0 Å². The molecule has 0 aliphatic heterocycles. The minimum atomic E-state index is 1.10. The van der Waals surface area contributed by atoms with Gasteiger partial charge in [0.15, 0.2) is 0 Å². The van der Waals surface area contributed by atoms with Gasteiger partial charge in [0.25, 0.3) is 0 Å². The van der Waals surface area contributed by atoms with Gasteiger partial charge in [0, 0.05) is 96.4 Å². The van der Waals surface area contributed by atoms with Crippen LogP contribution in [0.5, 0.6) is 0 Å². The molecule has 2 nitrogen and oxygen atoms in total. The van der Waals surface area contributed by atoms with E-state index in [0.717, 1.165) is 34.1 Å². The maximum Gasteiger partial charge on any atom is 0.0462 e. The molecular formula is C106H70N2S2. The molecular weight excluding hydrogens is 1370 g/mol. The second-order valence-corrected chi connectivity index (χ2v) is 30.3. The quantitative estimate of drug-likeness (QED) is 0.106. The van der Waals surface area contributed by atoms with Gasteiger partial charge >= 0.3 is 0 Å². The van der Waals surface area contributed by atoms with Gasteiger partial charge in [-0.15, -0.1) is 22.7 Å². The molecule has 516 valence electrons. The molecule has 110 heavy (non-hydrogen) atoms. The van der Waals surface area contributed by atoms with Crippen molar-refractivity contribution in [2.24, 2.45) is 0 Å². The van der Waals surface area contributed by atoms with Crippen molar-refractivity contribution in [1.82, 2.24) is 0 Å². The first-order chi connectivity index (χ1) is 54.5. The number of para-hydroxylation sites is 1. The van der Waals surface area contributed by atoms with Gasteiger partial charge in [0.2, 0.25) is 0 Å². The highest BCUT2D eigenvalue weighted by Crippen LogP contribution is 2.50. The van der Waals surface area contributed by atoms with E-state index in [2.05, 4.69) is 434 Å². The van der Waals surface area contributed by atoms with Crippen LogP contribution in [0.4, 0.5) is 34.1 Å². The number of hydrogen-bond donors (Lipinski definition) is 0. The Hall–Kier alpha value is -13.7. The third-order valence-corrected chi connectivity index (χ3v) is 24.2. The average Bonchev–Trinajstić information content (AvgIpc) is 1.51. The molecule has 21 rings (SSSR count). The summed E-state index contributed by atoms with van der Waals surface area (Å²) in [7, 11) is 0. The fourth-order valence-corrected chi connectivity index (χ4v) is 19.0. The van der Waals surface area contributed by atoms with Gasteiger partial charge in [0.1, 0.15) is 0 Å². The Bertz CT molecular complexity index is 6840. The maximum absolute atomic E-state index is 2.40. The number of rotatable bonds is 13. The summed E-state index contributed by atoms with van der Waals surface area (Å²) in [5, 5.41) is 15.6. The zero-order valence-electron chi connectivity index (χ0n) is 60.1. The number of anilines is 6. The topological polar surface area (TPSA) is 6.48 Å². The minimum absolute atomic E-state index is 1.10. The molecule has 0 unspecified atom stereocenters. The van der Waals surface area contributed by atoms with Crippen molar-refractivity contribution in [2.75, 3.05) is 9.80 Å². The number of thiophene rings is 2. The molecule has 0 saturated heterocycles. The Labute approximate surface area is 647 Å². The van der Waals surface area contributed by atoms with Crippen molar-refractivity contribution in [2.45, 2.75) is 0 Å². The summed E-state index contributed by atoms with van der Waals surface area (Å²) in [6.07, 6.45) is 0. The molecule has 0 aliphatic rings. The number of nitrogens with zero attached hydrogens (tertiary/aromatic N) is 2. The van der Waals surface area contributed by atoms with Crippen molar-refractivity contribution in [3.8, 4) is 77.9 Å². The molecule has 0 amide bonds. The zero-order valence-corrected chi connectivity index (χ0v) is 61.8. The summed E-state index contributed by atoms with van der Waals surface area (Å²) in [5.74, 6) is 0. The van der Waals surface area contributed by atoms with Crippen LogP contribution in [0.3, 0.4) is 0 Å². The predicted molar refractivity (Wildman–Crippen MR) is 476 cm³/mol. The monoisotopic (exact) mass is 1430 g/mol. The summed E-state index contributed by atoms with van der Waals surface area (Å²) in [6.45, 7) is 0. The summed E-state index contributed by atoms with van der Waals surface area (Å²) >= 11 is 3.85. The number of fused-ring (bicyclic) bond motifs is 14. The highest BCUT2D eigenvalue weighted by molar-refractivity contribution is 7.27. The van der Waals surface area contributed by atoms with Gasteiger partial charge < -0.3 is 9.80 Å². The van der Waals surface area contributed by atoms with Crippen LogP contribution in [-0.4, -0.2) is 0 Å². The molecule has 4 heteroatoms. The van der Waals surface area contributed by atoms with Crippen molar-refractivity contribution < 1.29 is 0 Å². The molecule has 0 radical (unpaired) electrons. The first-order valence-corrected chi connectivity index (χ1v) is 39.2. The van der Waals surface area contributed by atoms with E-state index in [4.69, 9.17) is 0 Å². The first-order valence-electron chi connectivity index (χ1n) is 37.6. The summed E-state index contributed by atoms with van der Waals surface area (Å²) < 4.78 is 5.32. The highest BCUT2D eigenvalue weighted by atomic mass is 32.1. The lowest BCUT2D eigenvalue weighted by atomic mass is 9.94. The SMILES string of the molecule is c1ccc(-c2ccc(N(c3ccc(-c4ccccc4)cc3)c3ccc(-c4cc(-c5ccccc5)cc5c4sc4c5ccc5ccc6ccccc6c54)cc3)cc2)cc1.c1ccc(-c2ccc(N(c3ccccc3)c3ccc(-c4cc(-c5ccccc5)cc5c4sc4c5ccc5ccc6ccccc6c54)cc3)cc2)cc1. The van der Waals surface area contributed by atoms with Crippen molar-refractivity contribution >= 4 is 140 Å². The van der Waals surface area contributed by atoms with Crippen LogP contribution in [0.15, 0.2) is 425 Å². The molecule has 0 N–H and O–H groups in total. The molecule has 0 bridgehead atoms. The largest absolute Gasteiger partial charge is 0.311 e. The maximum atomic E-state index is 2.40. The Morgan fingerprint density at radius 3 is 0.718 bits per heavy atom. The smallest absolute Gasteiger partial charge is 0.0462 e. The summed E-state index contributed by atoms with van der Waals surface area (Å²) in [5.41, 5.74) is 23.8. The van der Waals surface area contributed by atoms with Gasteiger partial charge in [-0.25, -0.2) is 0 Å². The minimum Gasteiger partial charge on any atom is -0.311 e. The highest BCUT2D eigenvalue weighted by Gasteiger charge is 2.22. The Morgan fingerprint density at radius 1 is 0.145 bits per heavy atom. The molecule has 0 spiro atoms. The molecule has 2 aromatic heterocycles. The normalized spacial score (nSPS) is 11.5. The van der Waals surface area contributed by atoms with Crippen molar-refractivity contribution in [3.63, 3.8) is 0 Å². The van der Waals surface area contributed by atoms with E-state index in [1.165, 1.54) is 161 Å². The van der Waals surface area contributed by atoms with Gasteiger partial charge in [-0.1, -0.05) is 328 Å². The zero-order chi connectivity index (χ0) is 72.9. The standard InChI is InChI=1S/C56H37NS.C50H33NS/c1-4-12-38(13-5-1)41-22-29-47(30-23-41)57(48-31-24-42(25-32-48)39-14-6-2-7-15-39)49-33-26-44(27-34-49)52-36-46(40-16-8-3-9-17-40)37-53-51-35-28-45-21-20-43-18-10-11-19-50(43)54(45)56(51)58-55(52)53;1-4-12-34(13-5-1)36-22-27-42(28-23-36)51(41-17-8-3-9-18-41)43-29-24-38(25-30-43)46-32-40(35-14-6-2-7-15-35)33-47-45-31-26-39-21-20-37-16-10-11-19-44(37)48(39)50(45)52-49(46)47/h1-37H;1-33H. The van der Waals surface area contributed by atoms with E-state index >= 15 is 0 Å². The Kier molecular flexibility index (Phi) is 17.0. The van der Waals surface area contributed by atoms with Gasteiger partial charge in [-0.2, -0.15) is 0 Å². The molecule has 2 heterocycles. The fourth-order valence-electron chi connectivity index (χ4n) is 16.2.